The Kier molecular flexibility index (Phi) is 4.41. The van der Waals surface area contributed by atoms with Crippen LogP contribution in [0.15, 0.2) is 24.5 Å². The third-order valence-electron chi connectivity index (χ3n) is 2.85. The Bertz CT molecular complexity index is 482. The maximum atomic E-state index is 12.9. The van der Waals surface area contributed by atoms with Crippen molar-refractivity contribution in [3.8, 4) is 0 Å². The molecule has 2 aromatic rings. The summed E-state index contributed by atoms with van der Waals surface area (Å²) < 4.78 is 12.9. The standard InChI is InChI=1S/C13H17FN4/c1-10-7-12(14)5-4-11(10)8-15-6-2-3-13-16-9-17-18-13/h4-5,7,9,15H,2-3,6,8H2,1H3,(H,16,17,18). The highest BCUT2D eigenvalue weighted by atomic mass is 19.1. The second kappa shape index (κ2) is 6.26. The lowest BCUT2D eigenvalue weighted by molar-refractivity contribution is 0.618. The van der Waals surface area contributed by atoms with Gasteiger partial charge in [-0.05, 0) is 43.1 Å². The number of aryl methyl sites for hydroxylation is 2. The lowest BCUT2D eigenvalue weighted by Crippen LogP contribution is -2.16. The van der Waals surface area contributed by atoms with Gasteiger partial charge in [0.2, 0.25) is 0 Å². The van der Waals surface area contributed by atoms with Crippen molar-refractivity contribution in [2.75, 3.05) is 6.54 Å². The molecule has 2 rings (SSSR count). The van der Waals surface area contributed by atoms with Gasteiger partial charge < -0.3 is 5.32 Å². The molecular formula is C13H17FN4. The van der Waals surface area contributed by atoms with Crippen molar-refractivity contribution in [2.45, 2.75) is 26.3 Å². The molecule has 5 heteroatoms. The number of hydrogen-bond donors (Lipinski definition) is 2. The molecule has 0 fully saturated rings. The van der Waals surface area contributed by atoms with Gasteiger partial charge >= 0.3 is 0 Å². The Morgan fingerprint density at radius 3 is 3.00 bits per heavy atom. The van der Waals surface area contributed by atoms with Crippen molar-refractivity contribution in [1.29, 1.82) is 0 Å². The average Bonchev–Trinajstić information content (AvgIpc) is 2.84. The fourth-order valence-electron chi connectivity index (χ4n) is 1.81. The SMILES string of the molecule is Cc1cc(F)ccc1CNCCCc1ncn[nH]1. The molecule has 96 valence electrons. The molecule has 0 radical (unpaired) electrons. The number of halogens is 1. The van der Waals surface area contributed by atoms with Crippen molar-refractivity contribution in [3.05, 3.63) is 47.3 Å². The third-order valence-corrected chi connectivity index (χ3v) is 2.85. The number of rotatable bonds is 6. The van der Waals surface area contributed by atoms with Crippen LogP contribution in [0.5, 0.6) is 0 Å². The highest BCUT2D eigenvalue weighted by Crippen LogP contribution is 2.09. The fourth-order valence-corrected chi connectivity index (χ4v) is 1.81. The van der Waals surface area contributed by atoms with Gasteiger partial charge in [-0.15, -0.1) is 0 Å². The summed E-state index contributed by atoms with van der Waals surface area (Å²) in [5, 5.41) is 9.97. The molecule has 0 saturated carbocycles. The van der Waals surface area contributed by atoms with Crippen LogP contribution >= 0.6 is 0 Å². The summed E-state index contributed by atoms with van der Waals surface area (Å²) in [4.78, 5) is 4.06. The minimum absolute atomic E-state index is 0.179. The number of aromatic amines is 1. The van der Waals surface area contributed by atoms with E-state index in [1.54, 1.807) is 6.07 Å². The van der Waals surface area contributed by atoms with Crippen LogP contribution in [0.1, 0.15) is 23.4 Å². The number of benzene rings is 1. The second-order valence-corrected chi connectivity index (χ2v) is 4.28. The van der Waals surface area contributed by atoms with Gasteiger partial charge in [0.25, 0.3) is 0 Å². The van der Waals surface area contributed by atoms with Gasteiger partial charge in [0.1, 0.15) is 18.0 Å². The molecule has 18 heavy (non-hydrogen) atoms. The van der Waals surface area contributed by atoms with Gasteiger partial charge in [0.05, 0.1) is 0 Å². The van der Waals surface area contributed by atoms with E-state index in [1.165, 1.54) is 12.4 Å². The van der Waals surface area contributed by atoms with E-state index in [2.05, 4.69) is 20.5 Å². The predicted molar refractivity (Wildman–Crippen MR) is 67.5 cm³/mol. The summed E-state index contributed by atoms with van der Waals surface area (Å²) in [6.07, 6.45) is 3.40. The summed E-state index contributed by atoms with van der Waals surface area (Å²) in [6, 6.07) is 4.89. The van der Waals surface area contributed by atoms with Gasteiger partial charge in [0, 0.05) is 13.0 Å². The average molecular weight is 248 g/mol. The van der Waals surface area contributed by atoms with Crippen LogP contribution in [-0.4, -0.2) is 21.7 Å². The van der Waals surface area contributed by atoms with E-state index in [9.17, 15) is 4.39 Å². The second-order valence-electron chi connectivity index (χ2n) is 4.28. The van der Waals surface area contributed by atoms with Crippen molar-refractivity contribution in [2.24, 2.45) is 0 Å². The molecule has 4 nitrogen and oxygen atoms in total. The molecule has 2 N–H and O–H groups in total. The van der Waals surface area contributed by atoms with Gasteiger partial charge in [-0.2, -0.15) is 5.10 Å². The van der Waals surface area contributed by atoms with Crippen LogP contribution in [-0.2, 0) is 13.0 Å². The number of hydrogen-bond acceptors (Lipinski definition) is 3. The van der Waals surface area contributed by atoms with Crippen molar-refractivity contribution >= 4 is 0 Å². The minimum Gasteiger partial charge on any atom is -0.313 e. The van der Waals surface area contributed by atoms with E-state index in [0.717, 1.165) is 42.9 Å². The van der Waals surface area contributed by atoms with E-state index < -0.39 is 0 Å². The predicted octanol–water partition coefficient (Wildman–Crippen LogP) is 1.97. The molecule has 0 saturated heterocycles. The molecule has 0 aliphatic carbocycles. The zero-order valence-electron chi connectivity index (χ0n) is 10.4. The van der Waals surface area contributed by atoms with E-state index in [4.69, 9.17) is 0 Å². The number of H-pyrrole nitrogens is 1. The fraction of sp³-hybridized carbons (Fsp3) is 0.385. The van der Waals surface area contributed by atoms with Gasteiger partial charge in [0.15, 0.2) is 0 Å². The van der Waals surface area contributed by atoms with E-state index in [0.29, 0.717) is 0 Å². The first-order valence-corrected chi connectivity index (χ1v) is 6.05. The van der Waals surface area contributed by atoms with E-state index >= 15 is 0 Å². The number of aromatic nitrogens is 3. The van der Waals surface area contributed by atoms with Gasteiger partial charge in [-0.3, -0.25) is 5.10 Å². The zero-order chi connectivity index (χ0) is 12.8. The Labute approximate surface area is 106 Å². The van der Waals surface area contributed by atoms with Gasteiger partial charge in [-0.25, -0.2) is 9.37 Å². The Balaban J connectivity index is 1.69. The molecule has 1 aromatic heterocycles. The van der Waals surface area contributed by atoms with Gasteiger partial charge in [-0.1, -0.05) is 6.07 Å². The lowest BCUT2D eigenvalue weighted by Gasteiger charge is -2.07. The van der Waals surface area contributed by atoms with E-state index in [-0.39, 0.29) is 5.82 Å². The summed E-state index contributed by atoms with van der Waals surface area (Å²) in [6.45, 7) is 3.59. The third kappa shape index (κ3) is 3.63. The maximum Gasteiger partial charge on any atom is 0.137 e. The zero-order valence-corrected chi connectivity index (χ0v) is 10.4. The molecule has 0 aliphatic heterocycles. The topological polar surface area (TPSA) is 53.6 Å². The maximum absolute atomic E-state index is 12.9. The van der Waals surface area contributed by atoms with Crippen molar-refractivity contribution in [3.63, 3.8) is 0 Å². The molecule has 0 spiro atoms. The molecule has 0 bridgehead atoms. The Morgan fingerprint density at radius 1 is 1.39 bits per heavy atom. The summed E-state index contributed by atoms with van der Waals surface area (Å²) in [7, 11) is 0. The number of nitrogens with zero attached hydrogens (tertiary/aromatic N) is 2. The normalized spacial score (nSPS) is 10.8. The first kappa shape index (κ1) is 12.7. The molecule has 0 aliphatic rings. The minimum atomic E-state index is -0.179. The van der Waals surface area contributed by atoms with Crippen LogP contribution in [0.2, 0.25) is 0 Å². The monoisotopic (exact) mass is 248 g/mol. The first-order valence-electron chi connectivity index (χ1n) is 6.05. The van der Waals surface area contributed by atoms with Crippen molar-refractivity contribution in [1.82, 2.24) is 20.5 Å². The lowest BCUT2D eigenvalue weighted by atomic mass is 10.1. The highest BCUT2D eigenvalue weighted by molar-refractivity contribution is 5.26. The van der Waals surface area contributed by atoms with Crippen LogP contribution < -0.4 is 5.32 Å². The Hall–Kier alpha value is -1.75. The molecular weight excluding hydrogens is 231 g/mol. The Morgan fingerprint density at radius 2 is 2.28 bits per heavy atom. The molecule has 1 heterocycles. The van der Waals surface area contributed by atoms with Crippen LogP contribution in [0.25, 0.3) is 0 Å². The summed E-state index contributed by atoms with van der Waals surface area (Å²) >= 11 is 0. The molecule has 1 aromatic carbocycles. The van der Waals surface area contributed by atoms with Crippen LogP contribution in [0.3, 0.4) is 0 Å². The molecule has 0 atom stereocenters. The quantitative estimate of drug-likeness (QED) is 0.768. The number of nitrogens with one attached hydrogen (secondary N) is 2. The van der Waals surface area contributed by atoms with Crippen LogP contribution in [0, 0.1) is 12.7 Å². The largest absolute Gasteiger partial charge is 0.313 e. The first-order chi connectivity index (χ1) is 8.75. The van der Waals surface area contributed by atoms with Crippen molar-refractivity contribution < 1.29 is 4.39 Å². The van der Waals surface area contributed by atoms with Crippen LogP contribution in [0.4, 0.5) is 4.39 Å². The summed E-state index contributed by atoms with van der Waals surface area (Å²) in [5.74, 6) is 0.733. The smallest absolute Gasteiger partial charge is 0.137 e. The summed E-state index contributed by atoms with van der Waals surface area (Å²) in [5.41, 5.74) is 2.12. The molecule has 0 unspecified atom stereocenters. The highest BCUT2D eigenvalue weighted by Gasteiger charge is 2.00. The van der Waals surface area contributed by atoms with E-state index in [1.807, 2.05) is 13.0 Å². The molecule has 0 amide bonds.